The van der Waals surface area contributed by atoms with Gasteiger partial charge in [0.1, 0.15) is 5.82 Å². The van der Waals surface area contributed by atoms with E-state index in [1.165, 1.54) is 12.5 Å². The summed E-state index contributed by atoms with van der Waals surface area (Å²) < 4.78 is 40.3. The van der Waals surface area contributed by atoms with Crippen molar-refractivity contribution < 1.29 is 13.2 Å². The maximum absolute atomic E-state index is 12.8. The van der Waals surface area contributed by atoms with E-state index < -0.39 is 11.7 Å². The van der Waals surface area contributed by atoms with Gasteiger partial charge in [0.15, 0.2) is 0 Å². The lowest BCUT2D eigenvalue weighted by molar-refractivity contribution is -0.137. The molecule has 1 aromatic heterocycles. The molecule has 1 aliphatic rings. The Bertz CT molecular complexity index is 671. The van der Waals surface area contributed by atoms with Gasteiger partial charge < -0.3 is 4.57 Å². The molecule has 3 rings (SSSR count). The summed E-state index contributed by atoms with van der Waals surface area (Å²) in [7, 11) is 0. The Kier molecular flexibility index (Phi) is 3.43. The van der Waals surface area contributed by atoms with E-state index in [0.717, 1.165) is 37.0 Å². The van der Waals surface area contributed by atoms with Crippen LogP contribution in [0.15, 0.2) is 18.2 Å². The van der Waals surface area contributed by atoms with Gasteiger partial charge in [-0.15, -0.1) is 11.6 Å². The van der Waals surface area contributed by atoms with Gasteiger partial charge in [-0.05, 0) is 36.5 Å². The first-order valence-electron chi connectivity index (χ1n) is 6.95. The third kappa shape index (κ3) is 2.63. The molecule has 6 heteroatoms. The van der Waals surface area contributed by atoms with E-state index in [9.17, 15) is 13.2 Å². The van der Waals surface area contributed by atoms with Crippen molar-refractivity contribution in [2.75, 3.05) is 0 Å². The highest BCUT2D eigenvalue weighted by molar-refractivity contribution is 6.16. The summed E-state index contributed by atoms with van der Waals surface area (Å²) in [5.74, 6) is 0.839. The van der Waals surface area contributed by atoms with Crippen molar-refractivity contribution >= 4 is 22.6 Å². The fraction of sp³-hybridized carbons (Fsp3) is 0.533. The first kappa shape index (κ1) is 14.7. The largest absolute Gasteiger partial charge is 0.416 e. The van der Waals surface area contributed by atoms with Crippen molar-refractivity contribution in [3.8, 4) is 0 Å². The zero-order valence-corrected chi connectivity index (χ0v) is 12.4. The molecule has 114 valence electrons. The highest BCUT2D eigenvalue weighted by Gasteiger charge is 2.34. The van der Waals surface area contributed by atoms with Crippen LogP contribution >= 0.6 is 11.6 Å². The third-order valence-electron chi connectivity index (χ3n) is 4.37. The Hall–Kier alpha value is -1.23. The van der Waals surface area contributed by atoms with Gasteiger partial charge in [-0.2, -0.15) is 13.2 Å². The van der Waals surface area contributed by atoms with Gasteiger partial charge in [-0.3, -0.25) is 0 Å². The zero-order chi connectivity index (χ0) is 15.3. The molecule has 1 heterocycles. The predicted octanol–water partition coefficient (Wildman–Crippen LogP) is 4.98. The molecular weight excluding hydrogens is 301 g/mol. The number of imidazole rings is 1. The Morgan fingerprint density at radius 1 is 1.33 bits per heavy atom. The van der Waals surface area contributed by atoms with Crippen molar-refractivity contribution in [1.29, 1.82) is 0 Å². The van der Waals surface area contributed by atoms with Crippen LogP contribution in [0.25, 0.3) is 11.0 Å². The molecule has 0 unspecified atom stereocenters. The molecule has 0 spiro atoms. The maximum atomic E-state index is 12.8. The van der Waals surface area contributed by atoms with E-state index >= 15 is 0 Å². The maximum Gasteiger partial charge on any atom is 0.416 e. The van der Waals surface area contributed by atoms with E-state index in [-0.39, 0.29) is 11.3 Å². The van der Waals surface area contributed by atoms with Gasteiger partial charge in [0, 0.05) is 6.54 Å². The minimum atomic E-state index is -4.35. The topological polar surface area (TPSA) is 17.8 Å². The van der Waals surface area contributed by atoms with Crippen LogP contribution in [0.3, 0.4) is 0 Å². The lowest BCUT2D eigenvalue weighted by atomic mass is 9.70. The molecule has 0 amide bonds. The number of halogens is 4. The van der Waals surface area contributed by atoms with Crippen molar-refractivity contribution in [3.05, 3.63) is 29.6 Å². The van der Waals surface area contributed by atoms with E-state index in [4.69, 9.17) is 11.6 Å². The minimum Gasteiger partial charge on any atom is -0.326 e. The second kappa shape index (κ2) is 4.90. The van der Waals surface area contributed by atoms with Gasteiger partial charge in [-0.1, -0.05) is 13.3 Å². The summed E-state index contributed by atoms with van der Waals surface area (Å²) in [6.07, 6.45) is -0.874. The monoisotopic (exact) mass is 316 g/mol. The molecular formula is C15H16ClF3N2. The molecule has 2 aromatic rings. The predicted molar refractivity (Wildman–Crippen MR) is 76.3 cm³/mol. The number of hydrogen-bond donors (Lipinski definition) is 0. The molecule has 0 N–H and O–H groups in total. The third-order valence-corrected chi connectivity index (χ3v) is 4.61. The van der Waals surface area contributed by atoms with Crippen molar-refractivity contribution in [1.82, 2.24) is 9.55 Å². The number of fused-ring (bicyclic) bond motifs is 1. The van der Waals surface area contributed by atoms with Gasteiger partial charge in [-0.25, -0.2) is 4.98 Å². The highest BCUT2D eigenvalue weighted by atomic mass is 35.5. The van der Waals surface area contributed by atoms with Gasteiger partial charge >= 0.3 is 6.18 Å². The second-order valence-corrected chi connectivity index (χ2v) is 6.38. The summed E-state index contributed by atoms with van der Waals surface area (Å²) in [5.41, 5.74) is 0.628. The van der Waals surface area contributed by atoms with Crippen LogP contribution in [0.2, 0.25) is 0 Å². The smallest absolute Gasteiger partial charge is 0.326 e. The molecule has 2 nitrogen and oxygen atoms in total. The van der Waals surface area contributed by atoms with E-state index in [2.05, 4.69) is 11.9 Å². The van der Waals surface area contributed by atoms with Crippen molar-refractivity contribution in [2.24, 2.45) is 5.41 Å². The highest BCUT2D eigenvalue weighted by Crippen LogP contribution is 2.42. The molecule has 21 heavy (non-hydrogen) atoms. The van der Waals surface area contributed by atoms with Crippen LogP contribution in [0, 0.1) is 5.41 Å². The lowest BCUT2D eigenvalue weighted by Crippen LogP contribution is -2.31. The Labute approximate surface area is 125 Å². The second-order valence-electron chi connectivity index (χ2n) is 6.11. The Morgan fingerprint density at radius 3 is 2.57 bits per heavy atom. The van der Waals surface area contributed by atoms with Crippen molar-refractivity contribution in [2.45, 2.75) is 44.8 Å². The first-order chi connectivity index (χ1) is 9.82. The van der Waals surface area contributed by atoms with Crippen LogP contribution in [-0.4, -0.2) is 9.55 Å². The molecule has 1 aliphatic carbocycles. The van der Waals surface area contributed by atoms with E-state index in [1.54, 1.807) is 0 Å². The molecule has 0 atom stereocenters. The quantitative estimate of drug-likeness (QED) is 0.730. The summed E-state index contributed by atoms with van der Waals surface area (Å²) in [6.45, 7) is 2.96. The van der Waals surface area contributed by atoms with E-state index in [1.807, 2.05) is 4.57 Å². The number of benzene rings is 1. The SMILES string of the molecule is CC1(Cn2c(CCl)nc3cc(C(F)(F)F)ccc32)CCC1. The first-order valence-corrected chi connectivity index (χ1v) is 7.48. The average Bonchev–Trinajstić information content (AvgIpc) is 2.73. The van der Waals surface area contributed by atoms with Crippen LogP contribution < -0.4 is 0 Å². The molecule has 1 fully saturated rings. The molecule has 1 aromatic carbocycles. The van der Waals surface area contributed by atoms with Crippen LogP contribution in [0.1, 0.15) is 37.6 Å². The van der Waals surface area contributed by atoms with E-state index in [0.29, 0.717) is 11.3 Å². The molecule has 0 aliphatic heterocycles. The van der Waals surface area contributed by atoms with Crippen molar-refractivity contribution in [3.63, 3.8) is 0 Å². The number of nitrogens with zero attached hydrogens (tertiary/aromatic N) is 2. The average molecular weight is 317 g/mol. The van der Waals surface area contributed by atoms with Gasteiger partial charge in [0.2, 0.25) is 0 Å². The summed E-state index contributed by atoms with van der Waals surface area (Å²) >= 11 is 5.92. The Balaban J connectivity index is 2.06. The standard InChI is InChI=1S/C15H16ClF3N2/c1-14(5-2-6-14)9-21-12-4-3-10(15(17,18)19)7-11(12)20-13(21)8-16/h3-4,7H,2,5-6,8-9H2,1H3. The van der Waals surface area contributed by atoms with Gasteiger partial charge in [0.25, 0.3) is 0 Å². The molecule has 0 radical (unpaired) electrons. The number of hydrogen-bond acceptors (Lipinski definition) is 1. The normalized spacial score (nSPS) is 18.0. The summed E-state index contributed by atoms with van der Waals surface area (Å²) in [4.78, 5) is 4.28. The lowest BCUT2D eigenvalue weighted by Gasteiger charge is -2.39. The summed E-state index contributed by atoms with van der Waals surface area (Å²) in [5, 5.41) is 0. The molecule has 1 saturated carbocycles. The number of aromatic nitrogens is 2. The fourth-order valence-electron chi connectivity index (χ4n) is 2.95. The minimum absolute atomic E-state index is 0.201. The van der Waals surface area contributed by atoms with Crippen LogP contribution in [0.5, 0.6) is 0 Å². The molecule has 0 bridgehead atoms. The summed E-state index contributed by atoms with van der Waals surface area (Å²) in [6, 6.07) is 3.72. The van der Waals surface area contributed by atoms with Crippen LogP contribution in [-0.2, 0) is 18.6 Å². The zero-order valence-electron chi connectivity index (χ0n) is 11.7. The van der Waals surface area contributed by atoms with Gasteiger partial charge in [0.05, 0.1) is 22.5 Å². The molecule has 0 saturated heterocycles. The number of alkyl halides is 4. The number of rotatable bonds is 3. The Morgan fingerprint density at radius 2 is 2.05 bits per heavy atom. The fourth-order valence-corrected chi connectivity index (χ4v) is 3.16. The van der Waals surface area contributed by atoms with Crippen LogP contribution in [0.4, 0.5) is 13.2 Å².